The summed E-state index contributed by atoms with van der Waals surface area (Å²) in [5.74, 6) is 0. The number of aryl methyl sites for hydroxylation is 1. The van der Waals surface area contributed by atoms with Crippen molar-refractivity contribution in [1.82, 2.24) is 5.32 Å². The van der Waals surface area contributed by atoms with Gasteiger partial charge in [-0.3, -0.25) is 0 Å². The number of hydrogen-bond acceptors (Lipinski definition) is 1. The molecule has 1 atom stereocenters. The summed E-state index contributed by atoms with van der Waals surface area (Å²) in [6.45, 7) is 7.87. The molecule has 0 spiro atoms. The zero-order valence-electron chi connectivity index (χ0n) is 12.3. The third-order valence-electron chi connectivity index (χ3n) is 3.64. The molecule has 0 heterocycles. The van der Waals surface area contributed by atoms with Crippen LogP contribution in [-0.2, 0) is 0 Å². The maximum Gasteiger partial charge on any atom is 0.0294 e. The van der Waals surface area contributed by atoms with Crippen LogP contribution in [0.1, 0.15) is 69.5 Å². The Morgan fingerprint density at radius 2 is 1.67 bits per heavy atom. The smallest absolute Gasteiger partial charge is 0.0294 e. The Morgan fingerprint density at radius 1 is 1.00 bits per heavy atom. The van der Waals surface area contributed by atoms with Crippen molar-refractivity contribution in [2.24, 2.45) is 0 Å². The molecule has 0 aliphatic carbocycles. The lowest BCUT2D eigenvalue weighted by Gasteiger charge is -2.16. The maximum atomic E-state index is 3.63. The summed E-state index contributed by atoms with van der Waals surface area (Å²) >= 11 is 0. The van der Waals surface area contributed by atoms with Gasteiger partial charge in [-0.1, -0.05) is 63.3 Å². The van der Waals surface area contributed by atoms with Gasteiger partial charge in [0, 0.05) is 6.04 Å². The fourth-order valence-corrected chi connectivity index (χ4v) is 2.41. The molecule has 0 aliphatic heterocycles. The van der Waals surface area contributed by atoms with Crippen molar-refractivity contribution in [3.63, 3.8) is 0 Å². The molecule has 0 bridgehead atoms. The maximum absolute atomic E-state index is 3.63. The minimum Gasteiger partial charge on any atom is -0.310 e. The predicted molar refractivity (Wildman–Crippen MR) is 81.0 cm³/mol. The quantitative estimate of drug-likeness (QED) is 0.605. The first-order valence-electron chi connectivity index (χ1n) is 7.54. The van der Waals surface area contributed by atoms with Crippen LogP contribution in [0.4, 0.5) is 0 Å². The van der Waals surface area contributed by atoms with Gasteiger partial charge < -0.3 is 5.32 Å². The highest BCUT2D eigenvalue weighted by atomic mass is 14.9. The molecule has 0 saturated carbocycles. The van der Waals surface area contributed by atoms with E-state index in [0.29, 0.717) is 6.04 Å². The first kappa shape index (κ1) is 15.2. The zero-order valence-corrected chi connectivity index (χ0v) is 12.3. The van der Waals surface area contributed by atoms with Crippen molar-refractivity contribution in [2.75, 3.05) is 6.54 Å². The number of benzene rings is 1. The molecule has 1 heteroatoms. The van der Waals surface area contributed by atoms with Crippen LogP contribution in [0.15, 0.2) is 24.3 Å². The number of rotatable bonds is 9. The van der Waals surface area contributed by atoms with Gasteiger partial charge in [0.2, 0.25) is 0 Å². The van der Waals surface area contributed by atoms with Crippen LogP contribution in [0.2, 0.25) is 0 Å². The van der Waals surface area contributed by atoms with E-state index in [0.717, 1.165) is 6.54 Å². The summed E-state index contributed by atoms with van der Waals surface area (Å²) in [5.41, 5.74) is 2.82. The normalized spacial score (nSPS) is 12.6. The number of nitrogens with one attached hydrogen (secondary N) is 1. The largest absolute Gasteiger partial charge is 0.310 e. The van der Waals surface area contributed by atoms with E-state index in [1.807, 2.05) is 0 Å². The third-order valence-corrected chi connectivity index (χ3v) is 3.64. The molecule has 1 nitrogen and oxygen atoms in total. The topological polar surface area (TPSA) is 12.0 Å². The van der Waals surface area contributed by atoms with Crippen molar-refractivity contribution >= 4 is 0 Å². The molecule has 0 saturated heterocycles. The molecule has 1 aromatic rings. The Balaban J connectivity index is 2.14. The summed E-state index contributed by atoms with van der Waals surface area (Å²) in [6.07, 6.45) is 8.21. The minimum absolute atomic E-state index is 0.474. The van der Waals surface area contributed by atoms with Gasteiger partial charge in [-0.2, -0.15) is 0 Å². The molecule has 102 valence electrons. The second-order valence-electron chi connectivity index (χ2n) is 5.30. The average Bonchev–Trinajstić information content (AvgIpc) is 2.38. The van der Waals surface area contributed by atoms with Crippen LogP contribution >= 0.6 is 0 Å². The lowest BCUT2D eigenvalue weighted by molar-refractivity contribution is 0.526. The van der Waals surface area contributed by atoms with E-state index in [1.165, 1.54) is 49.7 Å². The van der Waals surface area contributed by atoms with Crippen LogP contribution in [0.5, 0.6) is 0 Å². The highest BCUT2D eigenvalue weighted by Gasteiger charge is 2.05. The van der Waals surface area contributed by atoms with Gasteiger partial charge in [-0.25, -0.2) is 0 Å². The van der Waals surface area contributed by atoms with Crippen molar-refractivity contribution in [2.45, 2.75) is 65.3 Å². The monoisotopic (exact) mass is 247 g/mol. The third kappa shape index (κ3) is 5.68. The summed E-state index contributed by atoms with van der Waals surface area (Å²) < 4.78 is 0. The molecule has 0 radical (unpaired) electrons. The van der Waals surface area contributed by atoms with Crippen LogP contribution in [0.25, 0.3) is 0 Å². The molecule has 18 heavy (non-hydrogen) atoms. The second kappa shape index (κ2) is 9.16. The van der Waals surface area contributed by atoms with E-state index in [9.17, 15) is 0 Å². The molecule has 0 fully saturated rings. The van der Waals surface area contributed by atoms with Crippen molar-refractivity contribution in [3.8, 4) is 0 Å². The Kier molecular flexibility index (Phi) is 7.75. The first-order valence-corrected chi connectivity index (χ1v) is 7.54. The average molecular weight is 247 g/mol. The Hall–Kier alpha value is -0.820. The van der Waals surface area contributed by atoms with Gasteiger partial charge in [0.05, 0.1) is 0 Å². The molecular weight excluding hydrogens is 218 g/mol. The van der Waals surface area contributed by atoms with E-state index < -0.39 is 0 Å². The van der Waals surface area contributed by atoms with Crippen molar-refractivity contribution in [1.29, 1.82) is 0 Å². The first-order chi connectivity index (χ1) is 8.75. The predicted octanol–water partition coefficient (Wildman–Crippen LogP) is 5.01. The van der Waals surface area contributed by atoms with Crippen LogP contribution in [0.3, 0.4) is 0 Å². The fraction of sp³-hybridized carbons (Fsp3) is 0.647. The summed E-state index contributed by atoms with van der Waals surface area (Å²) in [6, 6.07) is 9.14. The van der Waals surface area contributed by atoms with Crippen LogP contribution in [-0.4, -0.2) is 6.54 Å². The summed E-state index contributed by atoms with van der Waals surface area (Å²) in [7, 11) is 0. The van der Waals surface area contributed by atoms with E-state index in [4.69, 9.17) is 0 Å². The molecule has 1 rings (SSSR count). The van der Waals surface area contributed by atoms with Gasteiger partial charge >= 0.3 is 0 Å². The van der Waals surface area contributed by atoms with E-state index in [-0.39, 0.29) is 0 Å². The van der Waals surface area contributed by atoms with Gasteiger partial charge in [-0.05, 0) is 37.9 Å². The zero-order chi connectivity index (χ0) is 13.2. The fourth-order valence-electron chi connectivity index (χ4n) is 2.41. The molecule has 1 unspecified atom stereocenters. The molecular formula is C17H29N. The second-order valence-corrected chi connectivity index (χ2v) is 5.30. The molecule has 0 amide bonds. The van der Waals surface area contributed by atoms with Gasteiger partial charge in [0.25, 0.3) is 0 Å². The van der Waals surface area contributed by atoms with Gasteiger partial charge in [-0.15, -0.1) is 0 Å². The lowest BCUT2D eigenvalue weighted by Crippen LogP contribution is -2.20. The van der Waals surface area contributed by atoms with Gasteiger partial charge in [0.15, 0.2) is 0 Å². The van der Waals surface area contributed by atoms with Crippen molar-refractivity contribution < 1.29 is 0 Å². The van der Waals surface area contributed by atoms with E-state index >= 15 is 0 Å². The number of unbranched alkanes of at least 4 members (excludes halogenated alkanes) is 5. The molecule has 0 aromatic heterocycles. The SMILES string of the molecule is CCCCCCCCNC(C)c1ccccc1C. The Labute approximate surface area is 113 Å². The van der Waals surface area contributed by atoms with E-state index in [1.54, 1.807) is 0 Å². The lowest BCUT2D eigenvalue weighted by atomic mass is 10.0. The summed E-state index contributed by atoms with van der Waals surface area (Å²) in [4.78, 5) is 0. The highest BCUT2D eigenvalue weighted by molar-refractivity contribution is 5.28. The highest BCUT2D eigenvalue weighted by Crippen LogP contribution is 2.16. The summed E-state index contributed by atoms with van der Waals surface area (Å²) in [5, 5.41) is 3.63. The van der Waals surface area contributed by atoms with Gasteiger partial charge in [0.1, 0.15) is 0 Å². The Morgan fingerprint density at radius 3 is 2.39 bits per heavy atom. The van der Waals surface area contributed by atoms with Crippen LogP contribution < -0.4 is 5.32 Å². The minimum atomic E-state index is 0.474. The molecule has 1 aromatic carbocycles. The molecule has 1 N–H and O–H groups in total. The van der Waals surface area contributed by atoms with E-state index in [2.05, 4.69) is 50.4 Å². The Bertz CT molecular complexity index is 319. The number of hydrogen-bond donors (Lipinski definition) is 1. The van der Waals surface area contributed by atoms with Crippen LogP contribution in [0, 0.1) is 6.92 Å². The standard InChI is InChI=1S/C17H29N/c1-4-5-6-7-8-11-14-18-16(3)17-13-10-9-12-15(17)2/h9-10,12-13,16,18H,4-8,11,14H2,1-3H3. The molecule has 0 aliphatic rings. The van der Waals surface area contributed by atoms with Crippen molar-refractivity contribution in [3.05, 3.63) is 35.4 Å².